The summed E-state index contributed by atoms with van der Waals surface area (Å²) in [5, 5.41) is 0. The minimum absolute atomic E-state index is 0.136. The third-order valence-electron chi connectivity index (χ3n) is 5.37. The third-order valence-corrected chi connectivity index (χ3v) is 5.37. The summed E-state index contributed by atoms with van der Waals surface area (Å²) < 4.78 is 9.38. The molecule has 2 aromatic heterocycles. The highest BCUT2D eigenvalue weighted by Crippen LogP contribution is 2.18. The Morgan fingerprint density at radius 1 is 1.07 bits per heavy atom. The molecule has 29 heavy (non-hydrogen) atoms. The van der Waals surface area contributed by atoms with Crippen molar-refractivity contribution in [2.45, 2.75) is 33.4 Å². The van der Waals surface area contributed by atoms with Gasteiger partial charge in [0.05, 0.1) is 7.11 Å². The van der Waals surface area contributed by atoms with Crippen LogP contribution in [-0.2, 0) is 19.5 Å². The highest BCUT2D eigenvalue weighted by atomic mass is 16.5. The van der Waals surface area contributed by atoms with E-state index in [1.807, 2.05) is 73.2 Å². The summed E-state index contributed by atoms with van der Waals surface area (Å²) >= 11 is 0. The first-order valence-electron chi connectivity index (χ1n) is 9.88. The zero-order valence-corrected chi connectivity index (χ0v) is 18.0. The fourth-order valence-corrected chi connectivity index (χ4v) is 3.56. The van der Waals surface area contributed by atoms with E-state index in [9.17, 15) is 4.79 Å². The van der Waals surface area contributed by atoms with Gasteiger partial charge in [0, 0.05) is 55.4 Å². The minimum atomic E-state index is 0.136. The molecule has 5 nitrogen and oxygen atoms in total. The highest BCUT2D eigenvalue weighted by Gasteiger charge is 2.19. The lowest BCUT2D eigenvalue weighted by Crippen LogP contribution is -2.37. The number of carbonyl (C=O) groups is 1. The third kappa shape index (κ3) is 4.86. The zero-order valence-electron chi connectivity index (χ0n) is 18.0. The number of carbonyl (C=O) groups excluding carboxylic acids is 1. The van der Waals surface area contributed by atoms with Crippen molar-refractivity contribution in [3.05, 3.63) is 77.4 Å². The van der Waals surface area contributed by atoms with Gasteiger partial charge in [0.25, 0.3) is 0 Å². The van der Waals surface area contributed by atoms with Gasteiger partial charge in [-0.3, -0.25) is 4.79 Å². The number of nitrogens with zero attached hydrogens (tertiary/aromatic N) is 3. The van der Waals surface area contributed by atoms with E-state index >= 15 is 0 Å². The normalized spacial score (nSPS) is 10.8. The molecule has 2 heterocycles. The number of pyridine rings is 1. The number of anilines is 1. The summed E-state index contributed by atoms with van der Waals surface area (Å²) in [7, 11) is 5.69. The number of ether oxygens (including phenoxy) is 1. The Bertz CT molecular complexity index is 971. The van der Waals surface area contributed by atoms with Gasteiger partial charge in [-0.05, 0) is 44.0 Å². The van der Waals surface area contributed by atoms with Crippen molar-refractivity contribution >= 4 is 11.5 Å². The van der Waals surface area contributed by atoms with Gasteiger partial charge in [-0.25, -0.2) is 0 Å². The van der Waals surface area contributed by atoms with Crippen molar-refractivity contribution in [2.24, 2.45) is 0 Å². The van der Waals surface area contributed by atoms with Gasteiger partial charge in [-0.1, -0.05) is 12.1 Å². The lowest BCUT2D eigenvalue weighted by atomic mass is 10.1. The average molecular weight is 393 g/mol. The number of hydrogen-bond donors (Lipinski definition) is 0. The molecule has 0 unspecified atom stereocenters. The Morgan fingerprint density at radius 3 is 2.31 bits per heavy atom. The maximum Gasteiger partial charge on any atom is 0.229 e. The summed E-state index contributed by atoms with van der Waals surface area (Å²) in [6.45, 7) is 5.29. The molecule has 0 saturated heterocycles. The molecule has 0 saturated carbocycles. The Balaban J connectivity index is 1.69. The molecule has 0 spiro atoms. The van der Waals surface area contributed by atoms with Crippen LogP contribution in [0.1, 0.15) is 27.3 Å². The Kier molecular flexibility index (Phi) is 6.37. The molecule has 5 heteroatoms. The fourth-order valence-electron chi connectivity index (χ4n) is 3.56. The van der Waals surface area contributed by atoms with Crippen LogP contribution in [0, 0.1) is 13.8 Å². The minimum Gasteiger partial charge on any atom is -0.497 e. The molecule has 0 aliphatic carbocycles. The zero-order chi connectivity index (χ0) is 21.0. The van der Waals surface area contributed by atoms with Gasteiger partial charge in [-0.2, -0.15) is 4.57 Å². The van der Waals surface area contributed by atoms with Crippen molar-refractivity contribution in [1.82, 2.24) is 4.57 Å². The maximum atomic E-state index is 12.9. The van der Waals surface area contributed by atoms with Gasteiger partial charge >= 0.3 is 0 Å². The van der Waals surface area contributed by atoms with Crippen molar-refractivity contribution in [3.8, 4) is 5.75 Å². The van der Waals surface area contributed by atoms with Crippen LogP contribution in [0.2, 0.25) is 0 Å². The van der Waals surface area contributed by atoms with Crippen molar-refractivity contribution in [3.63, 3.8) is 0 Å². The number of Topliss-reactive ketones (excluding diaryl/α,β-unsaturated/α-hetero) is 1. The second-order valence-corrected chi connectivity index (χ2v) is 7.58. The quantitative estimate of drug-likeness (QED) is 0.434. The smallest absolute Gasteiger partial charge is 0.229 e. The molecule has 3 aromatic rings. The number of ketones is 1. The molecular weight excluding hydrogens is 362 g/mol. The number of rotatable bonds is 8. The van der Waals surface area contributed by atoms with Crippen LogP contribution >= 0.6 is 0 Å². The number of benzene rings is 1. The van der Waals surface area contributed by atoms with E-state index in [0.29, 0.717) is 6.54 Å². The molecule has 3 rings (SSSR count). The molecule has 152 valence electrons. The van der Waals surface area contributed by atoms with Crippen LogP contribution in [0.25, 0.3) is 0 Å². The summed E-state index contributed by atoms with van der Waals surface area (Å²) in [4.78, 5) is 14.9. The summed E-state index contributed by atoms with van der Waals surface area (Å²) in [6.07, 6.45) is 4.82. The van der Waals surface area contributed by atoms with E-state index in [0.717, 1.165) is 41.4 Å². The standard InChI is InChI=1S/C24H30N3O2/c1-18-16-23(24(28)17-26-13-11-21(12-14-26)25(3)4)19(2)27(18)15-10-20-6-8-22(29-5)9-7-20/h6-9,11-14,16H,10,15,17H2,1-5H3/q+1. The maximum absolute atomic E-state index is 12.9. The first kappa shape index (κ1) is 20.6. The molecule has 0 N–H and O–H groups in total. The summed E-state index contributed by atoms with van der Waals surface area (Å²) in [5.41, 5.74) is 5.33. The topological polar surface area (TPSA) is 38.4 Å². The summed E-state index contributed by atoms with van der Waals surface area (Å²) in [6, 6.07) is 14.2. The van der Waals surface area contributed by atoms with Crippen molar-refractivity contribution < 1.29 is 14.1 Å². The van der Waals surface area contributed by atoms with Crippen LogP contribution in [-0.4, -0.2) is 31.6 Å². The molecule has 0 bridgehead atoms. The monoisotopic (exact) mass is 392 g/mol. The largest absolute Gasteiger partial charge is 0.497 e. The highest BCUT2D eigenvalue weighted by molar-refractivity contribution is 5.96. The number of hydrogen-bond acceptors (Lipinski definition) is 3. The van der Waals surface area contributed by atoms with Crippen LogP contribution < -0.4 is 14.2 Å². The average Bonchev–Trinajstić information content (AvgIpc) is 3.01. The van der Waals surface area contributed by atoms with Gasteiger partial charge < -0.3 is 14.2 Å². The number of aryl methyl sites for hydroxylation is 2. The van der Waals surface area contributed by atoms with E-state index < -0.39 is 0 Å². The van der Waals surface area contributed by atoms with Gasteiger partial charge in [0.1, 0.15) is 5.75 Å². The lowest BCUT2D eigenvalue weighted by molar-refractivity contribution is -0.683. The number of methoxy groups -OCH3 is 1. The molecule has 1 aromatic carbocycles. The predicted octanol–water partition coefficient (Wildman–Crippen LogP) is 3.59. The lowest BCUT2D eigenvalue weighted by Gasteiger charge is -2.11. The number of aromatic nitrogens is 2. The van der Waals surface area contributed by atoms with Gasteiger partial charge in [-0.15, -0.1) is 0 Å². The van der Waals surface area contributed by atoms with E-state index in [1.54, 1.807) is 7.11 Å². The molecule has 0 atom stereocenters. The Labute approximate surface area is 173 Å². The molecule has 0 fully saturated rings. The van der Waals surface area contributed by atoms with Crippen LogP contribution in [0.3, 0.4) is 0 Å². The van der Waals surface area contributed by atoms with Crippen LogP contribution in [0.4, 0.5) is 5.69 Å². The SMILES string of the molecule is COc1ccc(CCn2c(C)cc(C(=O)C[n+]3ccc(N(C)C)cc3)c2C)cc1. The van der Waals surface area contributed by atoms with Gasteiger partial charge in [0.2, 0.25) is 12.3 Å². The van der Waals surface area contributed by atoms with Crippen LogP contribution in [0.15, 0.2) is 54.9 Å². The second-order valence-electron chi connectivity index (χ2n) is 7.58. The van der Waals surface area contributed by atoms with Gasteiger partial charge in [0.15, 0.2) is 12.4 Å². The summed E-state index contributed by atoms with van der Waals surface area (Å²) in [5.74, 6) is 1.00. The Morgan fingerprint density at radius 2 is 1.72 bits per heavy atom. The molecule has 0 aliphatic heterocycles. The van der Waals surface area contributed by atoms with Crippen molar-refractivity contribution in [1.29, 1.82) is 0 Å². The van der Waals surface area contributed by atoms with E-state index in [4.69, 9.17) is 4.74 Å². The van der Waals surface area contributed by atoms with Crippen LogP contribution in [0.5, 0.6) is 5.75 Å². The fraction of sp³-hybridized carbons (Fsp3) is 0.333. The molecule has 0 radical (unpaired) electrons. The predicted molar refractivity (Wildman–Crippen MR) is 116 cm³/mol. The molecular formula is C24H30N3O2+. The van der Waals surface area contributed by atoms with E-state index in [-0.39, 0.29) is 5.78 Å². The van der Waals surface area contributed by atoms with Crippen molar-refractivity contribution in [2.75, 3.05) is 26.1 Å². The first-order chi connectivity index (χ1) is 13.9. The first-order valence-corrected chi connectivity index (χ1v) is 9.88. The second kappa shape index (κ2) is 8.95. The van der Waals surface area contributed by atoms with E-state index in [2.05, 4.69) is 23.6 Å². The molecule has 0 amide bonds. The molecule has 0 aliphatic rings. The Hall–Kier alpha value is -3.08. The van der Waals surface area contributed by atoms with E-state index in [1.165, 1.54) is 5.56 Å².